The highest BCUT2D eigenvalue weighted by molar-refractivity contribution is 7.98. The summed E-state index contributed by atoms with van der Waals surface area (Å²) in [4.78, 5) is 41.8. The molecule has 0 aliphatic carbocycles. The zero-order chi connectivity index (χ0) is 22.9. The average molecular weight is 468 g/mol. The zero-order valence-electron chi connectivity index (χ0n) is 18.3. The van der Waals surface area contributed by atoms with Crippen LogP contribution in [0.25, 0.3) is 10.9 Å². The Morgan fingerprint density at radius 3 is 2.94 bits per heavy atom. The standard InChI is InChI=1S/C23H25N5O4S/c1-13-20(15-6-2-3-7-17(15)25-13)21(30)23(31)26-22-16-11-33-12-18(16)27-28(22)10-19(29)24-9-14-5-4-8-32-14/h2-3,6-7,14,25H,4-5,8-12H2,1H3,(H,24,29)(H,26,31). The molecule has 3 N–H and O–H groups in total. The van der Waals surface area contributed by atoms with Gasteiger partial charge in [-0.05, 0) is 25.8 Å². The summed E-state index contributed by atoms with van der Waals surface area (Å²) >= 11 is 1.68. The maximum absolute atomic E-state index is 13.1. The number of thioether (sulfide) groups is 1. The Morgan fingerprint density at radius 2 is 2.12 bits per heavy atom. The van der Waals surface area contributed by atoms with Gasteiger partial charge < -0.3 is 20.4 Å². The number of rotatable bonds is 7. The predicted molar refractivity (Wildman–Crippen MR) is 125 cm³/mol. The molecular weight excluding hydrogens is 442 g/mol. The largest absolute Gasteiger partial charge is 0.376 e. The molecule has 1 atom stereocenters. The number of ether oxygens (including phenoxy) is 1. The number of hydrogen-bond acceptors (Lipinski definition) is 6. The summed E-state index contributed by atoms with van der Waals surface area (Å²) in [6.07, 6.45) is 1.98. The first kappa shape index (κ1) is 21.7. The van der Waals surface area contributed by atoms with Crippen LogP contribution in [0.1, 0.15) is 40.2 Å². The number of nitrogens with one attached hydrogen (secondary N) is 3. The van der Waals surface area contributed by atoms with Crippen LogP contribution < -0.4 is 10.6 Å². The molecule has 4 heterocycles. The van der Waals surface area contributed by atoms with E-state index in [-0.39, 0.29) is 18.6 Å². The Labute approximate surface area is 194 Å². The minimum atomic E-state index is -0.747. The summed E-state index contributed by atoms with van der Waals surface area (Å²) in [5.41, 5.74) is 3.49. The van der Waals surface area contributed by atoms with Gasteiger partial charge in [-0.1, -0.05) is 18.2 Å². The Kier molecular flexibility index (Phi) is 5.94. The lowest BCUT2D eigenvalue weighted by atomic mass is 10.1. The molecule has 1 fully saturated rings. The quantitative estimate of drug-likeness (QED) is 0.363. The molecule has 3 aromatic rings. The lowest BCUT2D eigenvalue weighted by Gasteiger charge is -2.13. The van der Waals surface area contributed by atoms with Crippen LogP contribution in [0.5, 0.6) is 0 Å². The number of ketones is 1. The van der Waals surface area contributed by atoms with E-state index in [9.17, 15) is 14.4 Å². The van der Waals surface area contributed by atoms with Crippen molar-refractivity contribution in [1.29, 1.82) is 0 Å². The number of anilines is 1. The fourth-order valence-electron chi connectivity index (χ4n) is 4.39. The smallest absolute Gasteiger partial charge is 0.298 e. The molecule has 0 saturated carbocycles. The van der Waals surface area contributed by atoms with E-state index in [1.165, 1.54) is 4.68 Å². The van der Waals surface area contributed by atoms with Gasteiger partial charge in [0.25, 0.3) is 11.7 Å². The van der Waals surface area contributed by atoms with Crippen molar-refractivity contribution in [1.82, 2.24) is 20.1 Å². The second-order valence-electron chi connectivity index (χ2n) is 8.32. The highest BCUT2D eigenvalue weighted by atomic mass is 32.2. The Balaban J connectivity index is 1.34. The first-order chi connectivity index (χ1) is 16.0. The number of fused-ring (bicyclic) bond motifs is 2. The predicted octanol–water partition coefficient (Wildman–Crippen LogP) is 2.54. The summed E-state index contributed by atoms with van der Waals surface area (Å²) < 4.78 is 7.03. The van der Waals surface area contributed by atoms with Crippen molar-refractivity contribution in [3.8, 4) is 0 Å². The molecule has 2 amide bonds. The van der Waals surface area contributed by atoms with Crippen LogP contribution in [0, 0.1) is 6.92 Å². The molecule has 9 nitrogen and oxygen atoms in total. The van der Waals surface area contributed by atoms with Gasteiger partial charge in [-0.25, -0.2) is 4.68 Å². The van der Waals surface area contributed by atoms with E-state index < -0.39 is 11.7 Å². The SMILES string of the molecule is Cc1[nH]c2ccccc2c1C(=O)C(=O)Nc1c2c(nn1CC(=O)NCC1CCCO1)CSC2. The number of aromatic amines is 1. The summed E-state index contributed by atoms with van der Waals surface area (Å²) in [5, 5.41) is 10.9. The van der Waals surface area contributed by atoms with Crippen LogP contribution in [0.15, 0.2) is 24.3 Å². The number of carbonyl (C=O) groups is 3. The van der Waals surface area contributed by atoms with Gasteiger partial charge in [0.1, 0.15) is 12.4 Å². The Morgan fingerprint density at radius 1 is 1.27 bits per heavy atom. The summed E-state index contributed by atoms with van der Waals surface area (Å²) in [5.74, 6) is 0.205. The van der Waals surface area contributed by atoms with Crippen LogP contribution in [-0.4, -0.2) is 51.6 Å². The van der Waals surface area contributed by atoms with Crippen molar-refractivity contribution in [3.05, 3.63) is 46.8 Å². The maximum Gasteiger partial charge on any atom is 0.298 e. The van der Waals surface area contributed by atoms with Gasteiger partial charge in [-0.2, -0.15) is 16.9 Å². The third-order valence-corrected chi connectivity index (χ3v) is 6.99. The van der Waals surface area contributed by atoms with Crippen molar-refractivity contribution < 1.29 is 19.1 Å². The molecule has 1 saturated heterocycles. The molecule has 0 bridgehead atoms. The number of para-hydroxylation sites is 1. The van der Waals surface area contributed by atoms with Gasteiger partial charge in [0.15, 0.2) is 0 Å². The maximum atomic E-state index is 13.1. The third kappa shape index (κ3) is 4.28. The highest BCUT2D eigenvalue weighted by Gasteiger charge is 2.29. The van der Waals surface area contributed by atoms with Crippen LogP contribution in [-0.2, 0) is 32.4 Å². The fraction of sp³-hybridized carbons (Fsp3) is 0.391. The second kappa shape index (κ2) is 9.03. The number of nitrogens with zero attached hydrogens (tertiary/aromatic N) is 2. The van der Waals surface area contributed by atoms with Gasteiger partial charge in [0.2, 0.25) is 5.91 Å². The molecule has 2 aliphatic heterocycles. The number of amides is 2. The van der Waals surface area contributed by atoms with Crippen molar-refractivity contribution in [3.63, 3.8) is 0 Å². The van der Waals surface area contributed by atoms with E-state index in [1.807, 2.05) is 24.3 Å². The third-order valence-electron chi connectivity index (χ3n) is 6.02. The van der Waals surface area contributed by atoms with Gasteiger partial charge in [-0.15, -0.1) is 0 Å². The molecule has 172 valence electrons. The Hall–Kier alpha value is -3.11. The van der Waals surface area contributed by atoms with Crippen molar-refractivity contribution >= 4 is 46.1 Å². The summed E-state index contributed by atoms with van der Waals surface area (Å²) in [6, 6.07) is 7.39. The molecule has 10 heteroatoms. The second-order valence-corrected chi connectivity index (χ2v) is 9.30. The van der Waals surface area contributed by atoms with E-state index in [4.69, 9.17) is 4.74 Å². The average Bonchev–Trinajstić information content (AvgIpc) is 3.57. The lowest BCUT2D eigenvalue weighted by molar-refractivity contribution is -0.122. The van der Waals surface area contributed by atoms with Gasteiger partial charge >= 0.3 is 0 Å². The summed E-state index contributed by atoms with van der Waals surface area (Å²) in [6.45, 7) is 2.91. The number of hydrogen-bond donors (Lipinski definition) is 3. The van der Waals surface area contributed by atoms with E-state index in [0.29, 0.717) is 40.5 Å². The zero-order valence-corrected chi connectivity index (χ0v) is 19.1. The highest BCUT2D eigenvalue weighted by Crippen LogP contribution is 2.35. The molecule has 33 heavy (non-hydrogen) atoms. The minimum absolute atomic E-state index is 0.0414. The Bertz CT molecular complexity index is 1240. The molecule has 1 aromatic carbocycles. The van der Waals surface area contributed by atoms with Crippen LogP contribution in [0.4, 0.5) is 5.82 Å². The van der Waals surface area contributed by atoms with Gasteiger partial charge in [0.05, 0.1) is 17.4 Å². The fourth-order valence-corrected chi connectivity index (χ4v) is 5.43. The van der Waals surface area contributed by atoms with E-state index in [0.717, 1.165) is 36.2 Å². The minimum Gasteiger partial charge on any atom is -0.376 e. The first-order valence-electron chi connectivity index (χ1n) is 11.0. The molecule has 0 radical (unpaired) electrons. The van der Waals surface area contributed by atoms with Crippen LogP contribution in [0.3, 0.4) is 0 Å². The van der Waals surface area contributed by atoms with E-state index in [2.05, 4.69) is 20.7 Å². The van der Waals surface area contributed by atoms with Crippen molar-refractivity contribution in [2.75, 3.05) is 18.5 Å². The summed E-state index contributed by atoms with van der Waals surface area (Å²) in [7, 11) is 0. The molecule has 1 unspecified atom stereocenters. The topological polar surface area (TPSA) is 118 Å². The number of aryl methyl sites for hydroxylation is 1. The molecule has 2 aromatic heterocycles. The molecule has 5 rings (SSSR count). The number of Topliss-reactive ketones (excluding diaryl/α,β-unsaturated/α-hetero) is 1. The van der Waals surface area contributed by atoms with Crippen LogP contribution in [0.2, 0.25) is 0 Å². The van der Waals surface area contributed by atoms with Gasteiger partial charge in [0, 0.05) is 46.8 Å². The van der Waals surface area contributed by atoms with E-state index >= 15 is 0 Å². The number of benzene rings is 1. The van der Waals surface area contributed by atoms with E-state index in [1.54, 1.807) is 18.7 Å². The van der Waals surface area contributed by atoms with Crippen LogP contribution >= 0.6 is 11.8 Å². The van der Waals surface area contributed by atoms with Gasteiger partial charge in [-0.3, -0.25) is 14.4 Å². The number of carbonyl (C=O) groups excluding carboxylic acids is 3. The van der Waals surface area contributed by atoms with Crippen molar-refractivity contribution in [2.24, 2.45) is 0 Å². The number of aromatic nitrogens is 3. The first-order valence-corrected chi connectivity index (χ1v) is 12.1. The molecular formula is C23H25N5O4S. The van der Waals surface area contributed by atoms with Crippen molar-refractivity contribution in [2.45, 2.75) is 43.9 Å². The monoisotopic (exact) mass is 467 g/mol. The lowest BCUT2D eigenvalue weighted by Crippen LogP contribution is -2.35. The normalized spacial score (nSPS) is 17.3. The molecule has 2 aliphatic rings. The number of H-pyrrole nitrogens is 1. The molecule has 0 spiro atoms.